The van der Waals surface area contributed by atoms with Gasteiger partial charge in [-0.05, 0) is 29.8 Å². The lowest BCUT2D eigenvalue weighted by atomic mass is 10.0. The summed E-state index contributed by atoms with van der Waals surface area (Å²) in [6, 6.07) is 15.2. The Hall–Kier alpha value is -2.46. The van der Waals surface area contributed by atoms with Crippen LogP contribution in [-0.4, -0.2) is 10.3 Å². The molecular weight excluding hydrogens is 257 g/mol. The summed E-state index contributed by atoms with van der Waals surface area (Å²) in [4.78, 5) is 0. The first kappa shape index (κ1) is 12.6. The molecule has 2 aromatic carbocycles. The molecule has 0 radical (unpaired) electrons. The van der Waals surface area contributed by atoms with Gasteiger partial charge in [0.2, 0.25) is 0 Å². The quantitative estimate of drug-likeness (QED) is 0.789. The van der Waals surface area contributed by atoms with Crippen LogP contribution in [-0.2, 0) is 6.61 Å². The van der Waals surface area contributed by atoms with Crippen LogP contribution in [0.15, 0.2) is 59.1 Å². The Morgan fingerprint density at radius 2 is 1.80 bits per heavy atom. The molecule has 3 rings (SSSR count). The van der Waals surface area contributed by atoms with Crippen molar-refractivity contribution >= 4 is 0 Å². The molecule has 4 heteroatoms. The smallest absolute Gasteiger partial charge is 0.167 e. The highest BCUT2D eigenvalue weighted by molar-refractivity contribution is 5.68. The summed E-state index contributed by atoms with van der Waals surface area (Å²) >= 11 is 0. The van der Waals surface area contributed by atoms with Crippen LogP contribution in [0.5, 0.6) is 0 Å². The number of aromatic nitrogens is 1. The number of rotatable bonds is 3. The SMILES string of the molecule is OCc1ccccc1-c1cc(-c2ccc(F)cc2)on1. The number of hydrogen-bond donors (Lipinski definition) is 1. The maximum atomic E-state index is 12.9. The highest BCUT2D eigenvalue weighted by Gasteiger charge is 2.11. The number of benzene rings is 2. The van der Waals surface area contributed by atoms with E-state index >= 15 is 0 Å². The molecule has 0 atom stereocenters. The average molecular weight is 269 g/mol. The molecule has 1 aromatic heterocycles. The van der Waals surface area contributed by atoms with Crippen LogP contribution in [0.2, 0.25) is 0 Å². The van der Waals surface area contributed by atoms with Crippen LogP contribution in [0.25, 0.3) is 22.6 Å². The zero-order valence-corrected chi connectivity index (χ0v) is 10.6. The first-order valence-electron chi connectivity index (χ1n) is 6.20. The van der Waals surface area contributed by atoms with Crippen LogP contribution >= 0.6 is 0 Å². The van der Waals surface area contributed by atoms with E-state index in [1.54, 1.807) is 18.2 Å². The Morgan fingerprint density at radius 3 is 2.55 bits per heavy atom. The van der Waals surface area contributed by atoms with Crippen LogP contribution < -0.4 is 0 Å². The lowest BCUT2D eigenvalue weighted by Crippen LogP contribution is -1.88. The van der Waals surface area contributed by atoms with Crippen LogP contribution in [0.3, 0.4) is 0 Å². The maximum absolute atomic E-state index is 12.9. The van der Waals surface area contributed by atoms with Crippen molar-refractivity contribution in [1.29, 1.82) is 0 Å². The van der Waals surface area contributed by atoms with Gasteiger partial charge in [0.05, 0.1) is 6.61 Å². The highest BCUT2D eigenvalue weighted by atomic mass is 19.1. The van der Waals surface area contributed by atoms with E-state index in [4.69, 9.17) is 4.52 Å². The van der Waals surface area contributed by atoms with Gasteiger partial charge in [0, 0.05) is 17.2 Å². The van der Waals surface area contributed by atoms with Crippen molar-refractivity contribution in [3.63, 3.8) is 0 Å². The van der Waals surface area contributed by atoms with Crippen LogP contribution in [0, 0.1) is 5.82 Å². The summed E-state index contributed by atoms with van der Waals surface area (Å²) in [6.45, 7) is -0.0606. The minimum Gasteiger partial charge on any atom is -0.392 e. The molecule has 0 saturated heterocycles. The van der Waals surface area contributed by atoms with Gasteiger partial charge in [0.1, 0.15) is 11.5 Å². The van der Waals surface area contributed by atoms with Gasteiger partial charge in [-0.15, -0.1) is 0 Å². The molecule has 0 saturated carbocycles. The zero-order chi connectivity index (χ0) is 13.9. The van der Waals surface area contributed by atoms with Crippen LogP contribution in [0.4, 0.5) is 4.39 Å². The predicted molar refractivity (Wildman–Crippen MR) is 73.3 cm³/mol. The average Bonchev–Trinajstić information content (AvgIpc) is 2.97. The van der Waals surface area contributed by atoms with Crippen molar-refractivity contribution in [3.05, 3.63) is 66.0 Å². The Labute approximate surface area is 115 Å². The number of hydrogen-bond acceptors (Lipinski definition) is 3. The molecule has 0 fully saturated rings. The fourth-order valence-electron chi connectivity index (χ4n) is 2.06. The van der Waals surface area contributed by atoms with Gasteiger partial charge in [-0.25, -0.2) is 4.39 Å². The number of aliphatic hydroxyl groups excluding tert-OH is 1. The lowest BCUT2D eigenvalue weighted by molar-refractivity contribution is 0.282. The van der Waals surface area contributed by atoms with Crippen molar-refractivity contribution in [2.75, 3.05) is 0 Å². The van der Waals surface area contributed by atoms with Crippen LogP contribution in [0.1, 0.15) is 5.56 Å². The zero-order valence-electron chi connectivity index (χ0n) is 10.6. The van der Waals surface area contributed by atoms with Crippen molar-refractivity contribution in [2.45, 2.75) is 6.61 Å². The molecule has 1 N–H and O–H groups in total. The van der Waals surface area contributed by atoms with Crippen molar-refractivity contribution < 1.29 is 14.0 Å². The fraction of sp³-hybridized carbons (Fsp3) is 0.0625. The van der Waals surface area contributed by atoms with Gasteiger partial charge in [-0.2, -0.15) is 0 Å². The molecule has 0 bridgehead atoms. The standard InChI is InChI=1S/C16H12FNO2/c17-13-7-5-11(6-8-13)16-9-15(18-20-16)14-4-2-1-3-12(14)10-19/h1-9,19H,10H2. The van der Waals surface area contributed by atoms with E-state index in [0.717, 1.165) is 16.7 Å². The molecule has 0 aliphatic heterocycles. The first-order chi connectivity index (χ1) is 9.78. The van der Waals surface area contributed by atoms with E-state index < -0.39 is 0 Å². The fourth-order valence-corrected chi connectivity index (χ4v) is 2.06. The third kappa shape index (κ3) is 2.33. The van der Waals surface area contributed by atoms with E-state index in [9.17, 15) is 9.50 Å². The lowest BCUT2D eigenvalue weighted by Gasteiger charge is -2.02. The number of aliphatic hydroxyl groups is 1. The van der Waals surface area contributed by atoms with Crippen molar-refractivity contribution in [1.82, 2.24) is 5.16 Å². The van der Waals surface area contributed by atoms with Gasteiger partial charge in [-0.1, -0.05) is 29.4 Å². The van der Waals surface area contributed by atoms with Gasteiger partial charge < -0.3 is 9.63 Å². The number of halogens is 1. The van der Waals surface area contributed by atoms with E-state index in [0.29, 0.717) is 11.5 Å². The van der Waals surface area contributed by atoms with Gasteiger partial charge in [0.25, 0.3) is 0 Å². The summed E-state index contributed by atoms with van der Waals surface area (Å²) in [7, 11) is 0. The molecule has 0 spiro atoms. The minimum absolute atomic E-state index is 0.0606. The second-order valence-electron chi connectivity index (χ2n) is 4.40. The van der Waals surface area contributed by atoms with Gasteiger partial charge in [-0.3, -0.25) is 0 Å². The van der Waals surface area contributed by atoms with Gasteiger partial charge >= 0.3 is 0 Å². The highest BCUT2D eigenvalue weighted by Crippen LogP contribution is 2.28. The normalized spacial score (nSPS) is 10.7. The summed E-state index contributed by atoms with van der Waals surface area (Å²) in [5.41, 5.74) is 3.01. The second kappa shape index (κ2) is 5.27. The Bertz CT molecular complexity index is 719. The number of nitrogens with zero attached hydrogens (tertiary/aromatic N) is 1. The molecular formula is C16H12FNO2. The van der Waals surface area contributed by atoms with Gasteiger partial charge in [0.15, 0.2) is 5.76 Å². The molecule has 1 heterocycles. The third-order valence-electron chi connectivity index (χ3n) is 3.10. The summed E-state index contributed by atoms with van der Waals surface area (Å²) in [5.74, 6) is 0.270. The van der Waals surface area contributed by atoms with E-state index in [-0.39, 0.29) is 12.4 Å². The topological polar surface area (TPSA) is 46.3 Å². The second-order valence-corrected chi connectivity index (χ2v) is 4.40. The molecule has 0 aliphatic rings. The Kier molecular flexibility index (Phi) is 3.31. The molecule has 0 amide bonds. The van der Waals surface area contributed by atoms with E-state index in [2.05, 4.69) is 5.16 Å². The monoisotopic (exact) mass is 269 g/mol. The van der Waals surface area contributed by atoms with E-state index in [1.165, 1.54) is 12.1 Å². The largest absolute Gasteiger partial charge is 0.392 e. The summed E-state index contributed by atoms with van der Waals surface area (Å²) < 4.78 is 18.2. The molecule has 20 heavy (non-hydrogen) atoms. The molecule has 100 valence electrons. The predicted octanol–water partition coefficient (Wildman–Crippen LogP) is 3.64. The first-order valence-corrected chi connectivity index (χ1v) is 6.20. The minimum atomic E-state index is -0.292. The summed E-state index contributed by atoms with van der Waals surface area (Å²) in [6.07, 6.45) is 0. The Morgan fingerprint density at radius 1 is 1.05 bits per heavy atom. The maximum Gasteiger partial charge on any atom is 0.167 e. The molecule has 0 unspecified atom stereocenters. The Balaban J connectivity index is 2.00. The van der Waals surface area contributed by atoms with Crippen molar-refractivity contribution in [2.24, 2.45) is 0 Å². The molecule has 3 nitrogen and oxygen atoms in total. The molecule has 0 aliphatic carbocycles. The van der Waals surface area contributed by atoms with E-state index in [1.807, 2.05) is 24.3 Å². The third-order valence-corrected chi connectivity index (χ3v) is 3.10. The summed E-state index contributed by atoms with van der Waals surface area (Å²) in [5, 5.41) is 13.3. The molecule has 3 aromatic rings. The van der Waals surface area contributed by atoms with Crippen molar-refractivity contribution in [3.8, 4) is 22.6 Å².